The van der Waals surface area contributed by atoms with Crippen molar-refractivity contribution >= 4 is 16.5 Å². The van der Waals surface area contributed by atoms with E-state index in [0.29, 0.717) is 12.1 Å². The molecule has 0 spiro atoms. The SMILES string of the molecule is Cn1cc2ccc(C3=CC4CCC(C3)N4Cc3ccccc3)cc2n1. The summed E-state index contributed by atoms with van der Waals surface area (Å²) < 4.78 is 1.90. The number of benzene rings is 2. The average Bonchev–Trinajstić information content (AvgIpc) is 3.09. The van der Waals surface area contributed by atoms with Gasteiger partial charge in [-0.3, -0.25) is 9.58 Å². The second-order valence-electron chi connectivity index (χ2n) is 7.43. The summed E-state index contributed by atoms with van der Waals surface area (Å²) in [5.41, 5.74) is 5.37. The summed E-state index contributed by atoms with van der Waals surface area (Å²) in [6.07, 6.45) is 8.34. The van der Waals surface area contributed by atoms with Gasteiger partial charge < -0.3 is 0 Å². The molecule has 5 rings (SSSR count). The number of aromatic nitrogens is 2. The third-order valence-electron chi connectivity index (χ3n) is 5.74. The third-order valence-corrected chi connectivity index (χ3v) is 5.74. The molecule has 0 amide bonds. The Morgan fingerprint density at radius 2 is 1.96 bits per heavy atom. The smallest absolute Gasteiger partial charge is 0.0929 e. The summed E-state index contributed by atoms with van der Waals surface area (Å²) in [6.45, 7) is 1.07. The van der Waals surface area contributed by atoms with Crippen molar-refractivity contribution < 1.29 is 0 Å². The Morgan fingerprint density at radius 1 is 1.08 bits per heavy atom. The Bertz CT molecular complexity index is 938. The maximum atomic E-state index is 4.57. The summed E-state index contributed by atoms with van der Waals surface area (Å²) in [5, 5.41) is 5.79. The monoisotopic (exact) mass is 329 g/mol. The first-order chi connectivity index (χ1) is 12.3. The highest BCUT2D eigenvalue weighted by molar-refractivity contribution is 5.83. The molecule has 2 aromatic carbocycles. The molecule has 3 heteroatoms. The van der Waals surface area contributed by atoms with Crippen LogP contribution in [0.2, 0.25) is 0 Å². The molecule has 1 aromatic heterocycles. The van der Waals surface area contributed by atoms with Crippen LogP contribution in [0.5, 0.6) is 0 Å². The molecule has 25 heavy (non-hydrogen) atoms. The lowest BCUT2D eigenvalue weighted by atomic mass is 9.94. The van der Waals surface area contributed by atoms with Gasteiger partial charge >= 0.3 is 0 Å². The van der Waals surface area contributed by atoms with Gasteiger partial charge in [-0.1, -0.05) is 48.5 Å². The predicted molar refractivity (Wildman–Crippen MR) is 102 cm³/mol. The van der Waals surface area contributed by atoms with Gasteiger partial charge in [0.05, 0.1) is 5.52 Å². The molecule has 3 aromatic rings. The minimum atomic E-state index is 0.577. The van der Waals surface area contributed by atoms with E-state index in [4.69, 9.17) is 0 Å². The molecule has 1 saturated heterocycles. The zero-order valence-electron chi connectivity index (χ0n) is 14.6. The van der Waals surface area contributed by atoms with E-state index in [1.165, 1.54) is 34.9 Å². The van der Waals surface area contributed by atoms with Crippen LogP contribution in [0.25, 0.3) is 16.5 Å². The number of hydrogen-bond acceptors (Lipinski definition) is 2. The molecule has 2 aliphatic heterocycles. The maximum absolute atomic E-state index is 4.57. The molecule has 3 heterocycles. The number of fused-ring (bicyclic) bond motifs is 3. The lowest BCUT2D eigenvalue weighted by Crippen LogP contribution is -2.37. The van der Waals surface area contributed by atoms with Gasteiger partial charge in [-0.15, -0.1) is 0 Å². The Balaban J connectivity index is 1.43. The van der Waals surface area contributed by atoms with Crippen molar-refractivity contribution in [1.29, 1.82) is 0 Å². The molecule has 0 radical (unpaired) electrons. The summed E-state index contributed by atoms with van der Waals surface area (Å²) >= 11 is 0. The molecule has 1 fully saturated rings. The topological polar surface area (TPSA) is 21.1 Å². The van der Waals surface area contributed by atoms with Crippen molar-refractivity contribution in [3.63, 3.8) is 0 Å². The van der Waals surface area contributed by atoms with E-state index in [-0.39, 0.29) is 0 Å². The van der Waals surface area contributed by atoms with Crippen LogP contribution < -0.4 is 0 Å². The average molecular weight is 329 g/mol. The lowest BCUT2D eigenvalue weighted by Gasteiger charge is -2.34. The fourth-order valence-corrected chi connectivity index (χ4v) is 4.51. The molecule has 3 nitrogen and oxygen atoms in total. The molecule has 2 bridgehead atoms. The van der Waals surface area contributed by atoms with Crippen molar-refractivity contribution in [2.24, 2.45) is 7.05 Å². The summed E-state index contributed by atoms with van der Waals surface area (Å²) in [5.74, 6) is 0. The Hall–Kier alpha value is -2.39. The highest BCUT2D eigenvalue weighted by Gasteiger charge is 2.36. The highest BCUT2D eigenvalue weighted by atomic mass is 15.2. The van der Waals surface area contributed by atoms with Gasteiger partial charge in [0.25, 0.3) is 0 Å². The molecule has 2 unspecified atom stereocenters. The van der Waals surface area contributed by atoms with Crippen LogP contribution in [0.1, 0.15) is 30.4 Å². The van der Waals surface area contributed by atoms with E-state index in [1.54, 1.807) is 0 Å². The van der Waals surface area contributed by atoms with Crippen LogP contribution in [-0.2, 0) is 13.6 Å². The van der Waals surface area contributed by atoms with Gasteiger partial charge in [-0.05, 0) is 42.0 Å². The molecule has 0 aliphatic carbocycles. The molecule has 0 saturated carbocycles. The number of aryl methyl sites for hydroxylation is 1. The van der Waals surface area contributed by atoms with Crippen LogP contribution in [0.4, 0.5) is 0 Å². The summed E-state index contributed by atoms with van der Waals surface area (Å²) in [7, 11) is 1.99. The third kappa shape index (κ3) is 2.69. The highest BCUT2D eigenvalue weighted by Crippen LogP contribution is 2.39. The van der Waals surface area contributed by atoms with Crippen LogP contribution in [0, 0.1) is 0 Å². The van der Waals surface area contributed by atoms with E-state index < -0.39 is 0 Å². The van der Waals surface area contributed by atoms with E-state index in [0.717, 1.165) is 18.5 Å². The zero-order valence-corrected chi connectivity index (χ0v) is 14.6. The Labute approximate surface area is 148 Å². The van der Waals surface area contributed by atoms with Crippen molar-refractivity contribution in [2.75, 3.05) is 0 Å². The van der Waals surface area contributed by atoms with Gasteiger partial charge in [0.15, 0.2) is 0 Å². The first kappa shape index (κ1) is 14.9. The fraction of sp³-hybridized carbons (Fsp3) is 0.318. The van der Waals surface area contributed by atoms with Gasteiger partial charge in [-0.25, -0.2) is 0 Å². The second-order valence-corrected chi connectivity index (χ2v) is 7.43. The predicted octanol–water partition coefficient (Wildman–Crippen LogP) is 4.39. The second kappa shape index (κ2) is 5.85. The zero-order chi connectivity index (χ0) is 16.8. The number of nitrogens with zero attached hydrogens (tertiary/aromatic N) is 3. The molecule has 0 N–H and O–H groups in total. The minimum absolute atomic E-state index is 0.577. The minimum Gasteiger partial charge on any atom is -0.289 e. The fourth-order valence-electron chi connectivity index (χ4n) is 4.51. The molecular weight excluding hydrogens is 306 g/mol. The van der Waals surface area contributed by atoms with E-state index in [1.807, 2.05) is 11.7 Å². The normalized spacial score (nSPS) is 23.2. The van der Waals surface area contributed by atoms with Crippen LogP contribution in [0.3, 0.4) is 0 Å². The van der Waals surface area contributed by atoms with Crippen LogP contribution in [0.15, 0.2) is 60.8 Å². The van der Waals surface area contributed by atoms with E-state index in [2.05, 4.69) is 70.8 Å². The standard InChI is InChI=1S/C22H23N3/c1-24-15-18-8-7-17(13-22(18)23-24)19-11-20-9-10-21(12-19)25(20)14-16-5-3-2-4-6-16/h2-8,11,13,15,20-21H,9-10,12,14H2,1H3. The van der Waals surface area contributed by atoms with Gasteiger partial charge in [0.1, 0.15) is 0 Å². The number of rotatable bonds is 3. The van der Waals surface area contributed by atoms with E-state index in [9.17, 15) is 0 Å². The summed E-state index contributed by atoms with van der Waals surface area (Å²) in [6, 6.07) is 18.8. The first-order valence-electron chi connectivity index (χ1n) is 9.20. The van der Waals surface area contributed by atoms with Gasteiger partial charge in [0.2, 0.25) is 0 Å². The molecule has 2 aliphatic rings. The summed E-state index contributed by atoms with van der Waals surface area (Å²) in [4.78, 5) is 2.69. The molecule has 126 valence electrons. The molecular formula is C22H23N3. The Morgan fingerprint density at radius 3 is 2.80 bits per heavy atom. The van der Waals surface area contributed by atoms with Gasteiger partial charge in [-0.2, -0.15) is 5.10 Å². The van der Waals surface area contributed by atoms with E-state index >= 15 is 0 Å². The van der Waals surface area contributed by atoms with Crippen LogP contribution in [-0.4, -0.2) is 26.8 Å². The first-order valence-corrected chi connectivity index (χ1v) is 9.20. The Kier molecular flexibility index (Phi) is 3.49. The van der Waals surface area contributed by atoms with Gasteiger partial charge in [0, 0.05) is 37.3 Å². The van der Waals surface area contributed by atoms with Crippen molar-refractivity contribution in [3.8, 4) is 0 Å². The molecule has 2 atom stereocenters. The van der Waals surface area contributed by atoms with Crippen LogP contribution >= 0.6 is 0 Å². The van der Waals surface area contributed by atoms with Crippen molar-refractivity contribution in [3.05, 3.63) is 71.9 Å². The lowest BCUT2D eigenvalue weighted by molar-refractivity contribution is 0.203. The maximum Gasteiger partial charge on any atom is 0.0929 e. The number of hydrogen-bond donors (Lipinski definition) is 0. The van der Waals surface area contributed by atoms with Crippen molar-refractivity contribution in [2.45, 2.75) is 37.9 Å². The quantitative estimate of drug-likeness (QED) is 0.710. The van der Waals surface area contributed by atoms with Crippen molar-refractivity contribution in [1.82, 2.24) is 14.7 Å². The largest absolute Gasteiger partial charge is 0.289 e.